The SMILES string of the molecule is CC(=O)Nc1cc(Oc2ccc3c(c2)CCN3C(=O)Nc2cccc(C(F)(F)F)c2)ncn1. The number of nitrogens with one attached hydrogen (secondary N) is 2. The number of urea groups is 1. The summed E-state index contributed by atoms with van der Waals surface area (Å²) in [6, 6.07) is 10.5. The Balaban J connectivity index is 1.46. The van der Waals surface area contributed by atoms with Gasteiger partial charge in [0.05, 0.1) is 5.56 Å². The van der Waals surface area contributed by atoms with Crippen LogP contribution in [0.5, 0.6) is 11.6 Å². The van der Waals surface area contributed by atoms with Crippen LogP contribution >= 0.6 is 0 Å². The minimum Gasteiger partial charge on any atom is -0.439 e. The van der Waals surface area contributed by atoms with Crippen LogP contribution in [-0.2, 0) is 17.4 Å². The van der Waals surface area contributed by atoms with Crippen molar-refractivity contribution < 1.29 is 27.5 Å². The Kier molecular flexibility index (Phi) is 5.86. The first kappa shape index (κ1) is 22.1. The second-order valence-corrected chi connectivity index (χ2v) is 7.23. The van der Waals surface area contributed by atoms with Crippen molar-refractivity contribution in [3.05, 3.63) is 66.0 Å². The van der Waals surface area contributed by atoms with Crippen molar-refractivity contribution in [2.45, 2.75) is 19.5 Å². The maximum atomic E-state index is 12.9. The highest BCUT2D eigenvalue weighted by atomic mass is 19.4. The van der Waals surface area contributed by atoms with E-state index in [1.54, 1.807) is 18.2 Å². The molecule has 2 N–H and O–H groups in total. The van der Waals surface area contributed by atoms with Crippen molar-refractivity contribution in [2.75, 3.05) is 22.1 Å². The third-order valence-corrected chi connectivity index (χ3v) is 4.80. The van der Waals surface area contributed by atoms with Gasteiger partial charge in [-0.05, 0) is 48.4 Å². The van der Waals surface area contributed by atoms with Crippen LogP contribution in [0.4, 0.5) is 35.2 Å². The molecule has 170 valence electrons. The highest BCUT2D eigenvalue weighted by Crippen LogP contribution is 2.34. The van der Waals surface area contributed by atoms with Crippen LogP contribution in [0.25, 0.3) is 0 Å². The molecule has 8 nitrogen and oxygen atoms in total. The summed E-state index contributed by atoms with van der Waals surface area (Å²) < 4.78 is 44.5. The summed E-state index contributed by atoms with van der Waals surface area (Å²) in [5.74, 6) is 0.721. The number of hydrogen-bond donors (Lipinski definition) is 2. The van der Waals surface area contributed by atoms with Crippen LogP contribution < -0.4 is 20.3 Å². The number of carbonyl (C=O) groups is 2. The Morgan fingerprint density at radius 3 is 2.64 bits per heavy atom. The van der Waals surface area contributed by atoms with E-state index in [4.69, 9.17) is 4.74 Å². The number of benzene rings is 2. The molecule has 0 unspecified atom stereocenters. The maximum absolute atomic E-state index is 12.9. The van der Waals surface area contributed by atoms with Crippen molar-refractivity contribution in [1.82, 2.24) is 9.97 Å². The van der Waals surface area contributed by atoms with Gasteiger partial charge in [0, 0.05) is 30.9 Å². The molecule has 3 aromatic rings. The summed E-state index contributed by atoms with van der Waals surface area (Å²) in [4.78, 5) is 33.3. The molecule has 2 aromatic carbocycles. The smallest absolute Gasteiger partial charge is 0.416 e. The Bertz CT molecular complexity index is 1220. The van der Waals surface area contributed by atoms with E-state index in [1.807, 2.05) is 0 Å². The van der Waals surface area contributed by atoms with Gasteiger partial charge in [-0.1, -0.05) is 6.07 Å². The van der Waals surface area contributed by atoms with Crippen molar-refractivity contribution in [2.24, 2.45) is 0 Å². The summed E-state index contributed by atoms with van der Waals surface area (Å²) in [5, 5.41) is 5.06. The maximum Gasteiger partial charge on any atom is 0.416 e. The molecule has 0 radical (unpaired) electrons. The number of fused-ring (bicyclic) bond motifs is 1. The molecule has 0 saturated heterocycles. The largest absolute Gasteiger partial charge is 0.439 e. The van der Waals surface area contributed by atoms with Gasteiger partial charge in [0.2, 0.25) is 11.8 Å². The number of anilines is 3. The van der Waals surface area contributed by atoms with E-state index in [9.17, 15) is 22.8 Å². The fourth-order valence-electron chi connectivity index (χ4n) is 3.38. The van der Waals surface area contributed by atoms with Crippen molar-refractivity contribution >= 4 is 29.1 Å². The second-order valence-electron chi connectivity index (χ2n) is 7.23. The lowest BCUT2D eigenvalue weighted by molar-refractivity contribution is -0.137. The van der Waals surface area contributed by atoms with Crippen LogP contribution in [0, 0.1) is 0 Å². The molecular formula is C22H18F3N5O3. The summed E-state index contributed by atoms with van der Waals surface area (Å²) in [6.45, 7) is 1.72. The third-order valence-electron chi connectivity index (χ3n) is 4.80. The molecule has 11 heteroatoms. The number of nitrogens with zero attached hydrogens (tertiary/aromatic N) is 3. The fourth-order valence-corrected chi connectivity index (χ4v) is 3.38. The van der Waals surface area contributed by atoms with E-state index in [0.717, 1.165) is 17.7 Å². The number of ether oxygens (including phenoxy) is 1. The molecule has 0 atom stereocenters. The quantitative estimate of drug-likeness (QED) is 0.585. The van der Waals surface area contributed by atoms with Crippen LogP contribution in [-0.4, -0.2) is 28.5 Å². The van der Waals surface area contributed by atoms with Crippen LogP contribution in [0.15, 0.2) is 54.9 Å². The molecule has 0 saturated carbocycles. The van der Waals surface area contributed by atoms with E-state index >= 15 is 0 Å². The average molecular weight is 457 g/mol. The first-order valence-corrected chi connectivity index (χ1v) is 9.85. The van der Waals surface area contributed by atoms with Gasteiger partial charge in [-0.3, -0.25) is 9.69 Å². The minimum atomic E-state index is -4.50. The molecule has 2 heterocycles. The highest BCUT2D eigenvalue weighted by molar-refractivity contribution is 6.03. The van der Waals surface area contributed by atoms with Crippen molar-refractivity contribution in [3.63, 3.8) is 0 Å². The van der Waals surface area contributed by atoms with E-state index in [0.29, 0.717) is 30.2 Å². The lowest BCUT2D eigenvalue weighted by atomic mass is 10.1. The summed E-state index contributed by atoms with van der Waals surface area (Å²) in [7, 11) is 0. The highest BCUT2D eigenvalue weighted by Gasteiger charge is 2.31. The van der Waals surface area contributed by atoms with Gasteiger partial charge in [0.15, 0.2) is 0 Å². The van der Waals surface area contributed by atoms with Crippen LogP contribution in [0.1, 0.15) is 18.1 Å². The molecule has 3 amide bonds. The number of aromatic nitrogens is 2. The van der Waals surface area contributed by atoms with Gasteiger partial charge in [-0.25, -0.2) is 14.8 Å². The molecular weight excluding hydrogens is 439 g/mol. The molecule has 0 fully saturated rings. The van der Waals surface area contributed by atoms with Crippen LogP contribution in [0.2, 0.25) is 0 Å². The molecule has 0 bridgehead atoms. The van der Waals surface area contributed by atoms with Crippen molar-refractivity contribution in [3.8, 4) is 11.6 Å². The average Bonchev–Trinajstić information content (AvgIpc) is 3.16. The van der Waals surface area contributed by atoms with Crippen molar-refractivity contribution in [1.29, 1.82) is 0 Å². The summed E-state index contributed by atoms with van der Waals surface area (Å²) >= 11 is 0. The fraction of sp³-hybridized carbons (Fsp3) is 0.182. The molecule has 1 aliphatic heterocycles. The zero-order valence-electron chi connectivity index (χ0n) is 17.3. The first-order chi connectivity index (χ1) is 15.7. The number of amides is 3. The first-order valence-electron chi connectivity index (χ1n) is 9.85. The van der Waals surface area contributed by atoms with Gasteiger partial charge < -0.3 is 15.4 Å². The summed E-state index contributed by atoms with van der Waals surface area (Å²) in [5.41, 5.74) is 0.688. The Morgan fingerprint density at radius 2 is 1.88 bits per heavy atom. The Morgan fingerprint density at radius 1 is 1.06 bits per heavy atom. The van der Waals surface area contributed by atoms with E-state index in [2.05, 4.69) is 20.6 Å². The van der Waals surface area contributed by atoms with E-state index < -0.39 is 17.8 Å². The molecule has 33 heavy (non-hydrogen) atoms. The monoisotopic (exact) mass is 457 g/mol. The molecule has 4 rings (SSSR count). The van der Waals surface area contributed by atoms with E-state index in [1.165, 1.54) is 36.4 Å². The minimum absolute atomic E-state index is 0.0574. The van der Waals surface area contributed by atoms with E-state index in [-0.39, 0.29) is 17.5 Å². The number of carbonyl (C=O) groups excluding carboxylic acids is 2. The standard InChI is InChI=1S/C22H18F3N5O3/c1-13(31)28-19-11-20(27-12-26-19)33-17-5-6-18-14(9-17)7-8-30(18)21(32)29-16-4-2-3-15(10-16)22(23,24)25/h2-6,9-12H,7-8H2,1H3,(H,29,32)(H,26,27,28,31). The van der Waals surface area contributed by atoms with Gasteiger partial charge in [0.1, 0.15) is 17.9 Å². The zero-order valence-corrected chi connectivity index (χ0v) is 17.3. The molecule has 0 spiro atoms. The zero-order chi connectivity index (χ0) is 23.6. The predicted octanol–water partition coefficient (Wildman–Crippen LogP) is 4.84. The van der Waals surface area contributed by atoms with Gasteiger partial charge in [0.25, 0.3) is 0 Å². The lowest BCUT2D eigenvalue weighted by Gasteiger charge is -2.19. The Labute approximate surface area is 186 Å². The predicted molar refractivity (Wildman–Crippen MR) is 114 cm³/mol. The number of alkyl halides is 3. The second kappa shape index (κ2) is 8.77. The number of halogens is 3. The number of hydrogen-bond acceptors (Lipinski definition) is 5. The van der Waals surface area contributed by atoms with Gasteiger partial charge in [-0.15, -0.1) is 0 Å². The Hall–Kier alpha value is -4.15. The molecule has 0 aliphatic carbocycles. The van der Waals surface area contributed by atoms with Gasteiger partial charge in [-0.2, -0.15) is 13.2 Å². The van der Waals surface area contributed by atoms with Crippen LogP contribution in [0.3, 0.4) is 0 Å². The third kappa shape index (κ3) is 5.20. The lowest BCUT2D eigenvalue weighted by Crippen LogP contribution is -2.33. The number of rotatable bonds is 4. The molecule has 1 aromatic heterocycles. The molecule has 1 aliphatic rings. The normalized spacial score (nSPS) is 12.8. The van der Waals surface area contributed by atoms with Gasteiger partial charge >= 0.3 is 12.2 Å². The topological polar surface area (TPSA) is 96.5 Å². The summed E-state index contributed by atoms with van der Waals surface area (Å²) in [6.07, 6.45) is -2.69.